The maximum Gasteiger partial charge on any atom is 0.311 e. The minimum absolute atomic E-state index is 0.131. The van der Waals surface area contributed by atoms with Crippen molar-refractivity contribution in [1.29, 1.82) is 0 Å². The number of unbranched alkanes of at least 4 members (excludes halogenated alkanes) is 8. The molecule has 1 rings (SSSR count). The number of rotatable bonds is 11. The molecule has 0 aliphatic rings. The van der Waals surface area contributed by atoms with Crippen LogP contribution in [0.2, 0.25) is 5.02 Å². The minimum atomic E-state index is -0.338. The fourth-order valence-electron chi connectivity index (χ4n) is 2.27. The van der Waals surface area contributed by atoms with E-state index in [4.69, 9.17) is 16.3 Å². The van der Waals surface area contributed by atoms with Crippen molar-refractivity contribution in [1.82, 2.24) is 4.98 Å². The van der Waals surface area contributed by atoms with E-state index in [1.165, 1.54) is 50.8 Å². The topological polar surface area (TPSA) is 59.2 Å². The number of carbonyl (C=O) groups excluding carboxylic acids is 1. The molecule has 0 fully saturated rings. The van der Waals surface area contributed by atoms with E-state index >= 15 is 0 Å². The van der Waals surface area contributed by atoms with Crippen molar-refractivity contribution in [2.45, 2.75) is 71.1 Å². The van der Waals surface area contributed by atoms with E-state index in [2.05, 4.69) is 11.9 Å². The second-order valence-corrected chi connectivity index (χ2v) is 5.97. The fourth-order valence-corrected chi connectivity index (χ4v) is 2.41. The second kappa shape index (κ2) is 11.3. The van der Waals surface area contributed by atoms with Gasteiger partial charge in [-0.15, -0.1) is 0 Å². The zero-order chi connectivity index (χ0) is 16.2. The van der Waals surface area contributed by atoms with Crippen molar-refractivity contribution in [2.75, 3.05) is 0 Å². The third kappa shape index (κ3) is 8.23. The molecule has 4 nitrogen and oxygen atoms in total. The molecule has 5 heteroatoms. The molecule has 0 aromatic carbocycles. The Morgan fingerprint density at radius 3 is 2.32 bits per heavy atom. The molecular weight excluding hydrogens is 302 g/mol. The van der Waals surface area contributed by atoms with Crippen LogP contribution in [0.15, 0.2) is 17.1 Å². The SMILES string of the molecule is CCCCCCCCCCCC(=O)Oc1cc(=O)[nH]cc1Cl. The lowest BCUT2D eigenvalue weighted by Gasteiger charge is -2.05. The van der Waals surface area contributed by atoms with Crippen LogP contribution in [0.5, 0.6) is 5.75 Å². The van der Waals surface area contributed by atoms with Gasteiger partial charge in [0.05, 0.1) is 5.02 Å². The number of hydrogen-bond donors (Lipinski definition) is 1. The number of esters is 1. The Hall–Kier alpha value is -1.29. The summed E-state index contributed by atoms with van der Waals surface area (Å²) in [5.41, 5.74) is -0.338. The lowest BCUT2D eigenvalue weighted by molar-refractivity contribution is -0.134. The van der Waals surface area contributed by atoms with Crippen LogP contribution in [-0.4, -0.2) is 11.0 Å². The van der Waals surface area contributed by atoms with Crippen LogP contribution in [0.4, 0.5) is 0 Å². The lowest BCUT2D eigenvalue weighted by atomic mass is 10.1. The Kier molecular flexibility index (Phi) is 9.64. The molecule has 0 aliphatic carbocycles. The van der Waals surface area contributed by atoms with E-state index in [0.29, 0.717) is 6.42 Å². The Bertz CT molecular complexity index is 499. The van der Waals surface area contributed by atoms with E-state index in [1.54, 1.807) is 0 Å². The number of hydrogen-bond acceptors (Lipinski definition) is 3. The average molecular weight is 328 g/mol. The molecule has 0 bridgehead atoms. The molecule has 1 aromatic heterocycles. The van der Waals surface area contributed by atoms with E-state index in [9.17, 15) is 9.59 Å². The van der Waals surface area contributed by atoms with Crippen molar-refractivity contribution in [2.24, 2.45) is 0 Å². The molecule has 0 unspecified atom stereocenters. The van der Waals surface area contributed by atoms with Crippen LogP contribution in [0.3, 0.4) is 0 Å². The van der Waals surface area contributed by atoms with Crippen molar-refractivity contribution >= 4 is 17.6 Å². The quantitative estimate of drug-likeness (QED) is 0.466. The van der Waals surface area contributed by atoms with E-state index in [0.717, 1.165) is 19.3 Å². The maximum atomic E-state index is 11.7. The first-order valence-electron chi connectivity index (χ1n) is 8.22. The zero-order valence-corrected chi connectivity index (χ0v) is 14.1. The van der Waals surface area contributed by atoms with Gasteiger partial charge < -0.3 is 9.72 Å². The number of halogens is 1. The van der Waals surface area contributed by atoms with Gasteiger partial charge in [-0.1, -0.05) is 69.9 Å². The van der Waals surface area contributed by atoms with Crippen LogP contribution in [0.25, 0.3) is 0 Å². The number of nitrogens with one attached hydrogen (secondary N) is 1. The van der Waals surface area contributed by atoms with E-state index < -0.39 is 0 Å². The van der Waals surface area contributed by atoms with E-state index in [-0.39, 0.29) is 22.3 Å². The fraction of sp³-hybridized carbons (Fsp3) is 0.647. The van der Waals surface area contributed by atoms with Gasteiger partial charge in [0.2, 0.25) is 0 Å². The average Bonchev–Trinajstić information content (AvgIpc) is 2.49. The van der Waals surface area contributed by atoms with Gasteiger partial charge in [0, 0.05) is 18.7 Å². The molecule has 1 N–H and O–H groups in total. The van der Waals surface area contributed by atoms with Gasteiger partial charge in [-0.25, -0.2) is 0 Å². The first kappa shape index (κ1) is 18.8. The highest BCUT2D eigenvalue weighted by atomic mass is 35.5. The highest BCUT2D eigenvalue weighted by molar-refractivity contribution is 6.32. The van der Waals surface area contributed by atoms with Crippen LogP contribution in [0, 0.1) is 0 Å². The molecule has 0 saturated heterocycles. The molecule has 124 valence electrons. The van der Waals surface area contributed by atoms with Crippen LogP contribution >= 0.6 is 11.6 Å². The van der Waals surface area contributed by atoms with Gasteiger partial charge in [0.1, 0.15) is 0 Å². The van der Waals surface area contributed by atoms with E-state index in [1.807, 2.05) is 0 Å². The van der Waals surface area contributed by atoms with Crippen molar-refractivity contribution in [3.63, 3.8) is 0 Å². The number of ether oxygens (including phenoxy) is 1. The van der Waals surface area contributed by atoms with Crippen molar-refractivity contribution in [3.8, 4) is 5.75 Å². The first-order chi connectivity index (χ1) is 10.6. The summed E-state index contributed by atoms with van der Waals surface area (Å²) in [5.74, 6) is -0.207. The Balaban J connectivity index is 2.09. The minimum Gasteiger partial charge on any atom is -0.425 e. The molecule has 22 heavy (non-hydrogen) atoms. The summed E-state index contributed by atoms with van der Waals surface area (Å²) < 4.78 is 5.11. The van der Waals surface area contributed by atoms with Crippen LogP contribution in [0.1, 0.15) is 71.1 Å². The number of aromatic nitrogens is 1. The first-order valence-corrected chi connectivity index (χ1v) is 8.60. The van der Waals surface area contributed by atoms with Crippen LogP contribution < -0.4 is 10.3 Å². The number of pyridine rings is 1. The Morgan fingerprint density at radius 2 is 1.68 bits per heavy atom. The Morgan fingerprint density at radius 1 is 1.09 bits per heavy atom. The predicted octanol–water partition coefficient (Wildman–Crippen LogP) is 4.85. The van der Waals surface area contributed by atoms with Gasteiger partial charge in [-0.2, -0.15) is 0 Å². The molecule has 0 aliphatic heterocycles. The summed E-state index contributed by atoms with van der Waals surface area (Å²) in [6.45, 7) is 2.22. The maximum absolute atomic E-state index is 11.7. The summed E-state index contributed by atoms with van der Waals surface area (Å²) >= 11 is 5.85. The summed E-state index contributed by atoms with van der Waals surface area (Å²) in [5, 5.41) is 0.236. The summed E-state index contributed by atoms with van der Waals surface area (Å²) in [4.78, 5) is 25.3. The van der Waals surface area contributed by atoms with Gasteiger partial charge in [-0.3, -0.25) is 9.59 Å². The molecule has 0 spiro atoms. The molecule has 1 aromatic rings. The van der Waals surface area contributed by atoms with Gasteiger partial charge in [0.15, 0.2) is 5.75 Å². The standard InChI is InChI=1S/C17H26ClNO3/c1-2-3-4-5-6-7-8-9-10-11-17(21)22-15-12-16(20)19-13-14(15)18/h12-13H,2-11H2,1H3,(H,19,20). The second-order valence-electron chi connectivity index (χ2n) is 5.56. The van der Waals surface area contributed by atoms with Gasteiger partial charge in [-0.05, 0) is 6.42 Å². The highest BCUT2D eigenvalue weighted by Crippen LogP contribution is 2.21. The molecule has 0 amide bonds. The highest BCUT2D eigenvalue weighted by Gasteiger charge is 2.08. The normalized spacial score (nSPS) is 10.6. The summed E-state index contributed by atoms with van der Waals surface area (Å²) in [6, 6.07) is 1.19. The third-order valence-electron chi connectivity index (χ3n) is 3.55. The van der Waals surface area contributed by atoms with Gasteiger partial charge >= 0.3 is 5.97 Å². The third-order valence-corrected chi connectivity index (χ3v) is 3.84. The zero-order valence-electron chi connectivity index (χ0n) is 13.3. The molecule has 0 atom stereocenters. The lowest BCUT2D eigenvalue weighted by Crippen LogP contribution is -2.11. The molecule has 1 heterocycles. The monoisotopic (exact) mass is 327 g/mol. The Labute approximate surface area is 137 Å². The number of aromatic amines is 1. The largest absolute Gasteiger partial charge is 0.425 e. The smallest absolute Gasteiger partial charge is 0.311 e. The molecule has 0 saturated carbocycles. The summed E-state index contributed by atoms with van der Waals surface area (Å²) in [7, 11) is 0. The van der Waals surface area contributed by atoms with Crippen LogP contribution in [-0.2, 0) is 4.79 Å². The summed E-state index contributed by atoms with van der Waals surface area (Å²) in [6.07, 6.45) is 12.5. The van der Waals surface area contributed by atoms with Gasteiger partial charge in [0.25, 0.3) is 5.56 Å². The molecule has 0 radical (unpaired) electrons. The number of H-pyrrole nitrogens is 1. The number of carbonyl (C=O) groups is 1. The molecular formula is C17H26ClNO3. The predicted molar refractivity (Wildman–Crippen MR) is 89.6 cm³/mol. The van der Waals surface area contributed by atoms with Crippen molar-refractivity contribution in [3.05, 3.63) is 27.6 Å². The van der Waals surface area contributed by atoms with Crippen molar-refractivity contribution < 1.29 is 9.53 Å².